The predicted octanol–water partition coefficient (Wildman–Crippen LogP) is 3.61. The van der Waals surface area contributed by atoms with E-state index in [0.717, 1.165) is 11.0 Å². The number of rotatable bonds is 2. The number of fused-ring (bicyclic) bond motifs is 1. The van der Waals surface area contributed by atoms with Gasteiger partial charge >= 0.3 is 0 Å². The zero-order chi connectivity index (χ0) is 14.4. The van der Waals surface area contributed by atoms with Gasteiger partial charge in [0.15, 0.2) is 0 Å². The third-order valence-electron chi connectivity index (χ3n) is 3.88. The van der Waals surface area contributed by atoms with E-state index in [9.17, 15) is 0 Å². The van der Waals surface area contributed by atoms with Gasteiger partial charge in [-0.3, -0.25) is 0 Å². The van der Waals surface area contributed by atoms with E-state index in [1.54, 1.807) is 11.3 Å². The first-order chi connectivity index (χ1) is 9.50. The van der Waals surface area contributed by atoms with Gasteiger partial charge in [-0.2, -0.15) is 0 Å². The van der Waals surface area contributed by atoms with E-state index < -0.39 is 0 Å². The summed E-state index contributed by atoms with van der Waals surface area (Å²) in [4.78, 5) is 10.2. The number of hydrogen-bond acceptors (Lipinski definition) is 4. The zero-order valence-corrected chi connectivity index (χ0v) is 13.0. The van der Waals surface area contributed by atoms with E-state index >= 15 is 0 Å². The normalized spacial score (nSPS) is 13.0. The van der Waals surface area contributed by atoms with E-state index in [2.05, 4.69) is 52.8 Å². The first-order valence-corrected chi connectivity index (χ1v) is 7.53. The summed E-state index contributed by atoms with van der Waals surface area (Å²) >= 11 is 1.77. The van der Waals surface area contributed by atoms with Crippen LogP contribution in [0.1, 0.15) is 34.9 Å². The van der Waals surface area contributed by atoms with Crippen LogP contribution >= 0.6 is 11.3 Å². The highest BCUT2D eigenvalue weighted by atomic mass is 32.1. The number of nitrogens with two attached hydrogens (primary N) is 1. The molecule has 1 unspecified atom stereocenters. The van der Waals surface area contributed by atoms with Crippen molar-refractivity contribution in [1.82, 2.24) is 14.5 Å². The van der Waals surface area contributed by atoms with Crippen molar-refractivity contribution in [2.75, 3.05) is 5.73 Å². The summed E-state index contributed by atoms with van der Waals surface area (Å²) in [5, 5.41) is 3.09. The molecule has 3 aromatic rings. The third-order valence-corrected chi connectivity index (χ3v) is 4.92. The lowest BCUT2D eigenvalue weighted by atomic mass is 10.2. The molecule has 0 spiro atoms. The van der Waals surface area contributed by atoms with Gasteiger partial charge in [0.25, 0.3) is 0 Å². The molecule has 5 heteroatoms. The van der Waals surface area contributed by atoms with E-state index in [1.165, 1.54) is 16.1 Å². The minimum atomic E-state index is 0.250. The summed E-state index contributed by atoms with van der Waals surface area (Å²) in [7, 11) is 0. The van der Waals surface area contributed by atoms with Crippen LogP contribution in [0.4, 0.5) is 5.82 Å². The highest BCUT2D eigenvalue weighted by molar-refractivity contribution is 7.10. The van der Waals surface area contributed by atoms with E-state index in [1.807, 2.05) is 6.92 Å². The van der Waals surface area contributed by atoms with Crippen molar-refractivity contribution in [3.8, 4) is 0 Å². The third kappa shape index (κ3) is 1.81. The fraction of sp³-hybridized carbons (Fsp3) is 0.333. The van der Waals surface area contributed by atoms with Gasteiger partial charge in [-0.15, -0.1) is 11.3 Å². The Bertz CT molecular complexity index is 771. The van der Waals surface area contributed by atoms with Crippen LogP contribution in [0.15, 0.2) is 17.5 Å². The van der Waals surface area contributed by atoms with Crippen LogP contribution in [0.25, 0.3) is 11.0 Å². The van der Waals surface area contributed by atoms with Gasteiger partial charge in [0, 0.05) is 10.6 Å². The summed E-state index contributed by atoms with van der Waals surface area (Å²) in [6, 6.07) is 4.49. The molecule has 0 aliphatic rings. The molecule has 0 bridgehead atoms. The molecule has 0 amide bonds. The number of hydrogen-bond donors (Lipinski definition) is 1. The molecule has 0 saturated heterocycles. The maximum absolute atomic E-state index is 6.10. The van der Waals surface area contributed by atoms with Crippen molar-refractivity contribution in [2.45, 2.75) is 33.7 Å². The Labute approximate surface area is 122 Å². The van der Waals surface area contributed by atoms with Gasteiger partial charge in [0.1, 0.15) is 17.3 Å². The Hall–Kier alpha value is -1.88. The molecule has 3 aromatic heterocycles. The Morgan fingerprint density at radius 1 is 1.25 bits per heavy atom. The molecule has 0 aliphatic heterocycles. The summed E-state index contributed by atoms with van der Waals surface area (Å²) in [6.45, 7) is 8.29. The Kier molecular flexibility index (Phi) is 3.01. The SMILES string of the molecule is Cc1nc(N)c2c(C)c(C)n(C(C)c3cccs3)c2n1. The Balaban J connectivity index is 2.33. The first-order valence-electron chi connectivity index (χ1n) is 6.65. The maximum Gasteiger partial charge on any atom is 0.146 e. The number of anilines is 1. The first kappa shape index (κ1) is 13.1. The molecule has 3 heterocycles. The second-order valence-corrected chi connectivity index (χ2v) is 6.11. The molecule has 0 aromatic carbocycles. The van der Waals surface area contributed by atoms with Crippen molar-refractivity contribution in [3.63, 3.8) is 0 Å². The van der Waals surface area contributed by atoms with Crippen molar-refractivity contribution < 1.29 is 0 Å². The van der Waals surface area contributed by atoms with Crippen LogP contribution in [-0.4, -0.2) is 14.5 Å². The molecule has 20 heavy (non-hydrogen) atoms. The highest BCUT2D eigenvalue weighted by Gasteiger charge is 2.20. The van der Waals surface area contributed by atoms with E-state index in [4.69, 9.17) is 5.73 Å². The molecular weight excluding hydrogens is 268 g/mol. The van der Waals surface area contributed by atoms with Crippen molar-refractivity contribution in [1.29, 1.82) is 0 Å². The highest BCUT2D eigenvalue weighted by Crippen LogP contribution is 2.33. The Morgan fingerprint density at radius 2 is 2.00 bits per heavy atom. The van der Waals surface area contributed by atoms with Gasteiger partial charge in [-0.1, -0.05) is 6.07 Å². The fourth-order valence-electron chi connectivity index (χ4n) is 2.76. The lowest BCUT2D eigenvalue weighted by Crippen LogP contribution is -2.08. The summed E-state index contributed by atoms with van der Waals surface area (Å²) in [5.41, 5.74) is 9.40. The van der Waals surface area contributed by atoms with Crippen LogP contribution in [0, 0.1) is 20.8 Å². The number of thiophene rings is 1. The predicted molar refractivity (Wildman–Crippen MR) is 84.3 cm³/mol. The minimum absolute atomic E-state index is 0.250. The quantitative estimate of drug-likeness (QED) is 0.783. The van der Waals surface area contributed by atoms with Crippen molar-refractivity contribution in [3.05, 3.63) is 39.5 Å². The molecule has 1 atom stereocenters. The maximum atomic E-state index is 6.10. The summed E-state index contributed by atoms with van der Waals surface area (Å²) < 4.78 is 2.27. The molecule has 3 rings (SSSR count). The van der Waals surface area contributed by atoms with Crippen LogP contribution in [0.3, 0.4) is 0 Å². The molecule has 4 nitrogen and oxygen atoms in total. The lowest BCUT2D eigenvalue weighted by Gasteiger charge is -2.16. The molecule has 0 fully saturated rings. The topological polar surface area (TPSA) is 56.7 Å². The largest absolute Gasteiger partial charge is 0.383 e. The second-order valence-electron chi connectivity index (χ2n) is 5.13. The van der Waals surface area contributed by atoms with Crippen molar-refractivity contribution in [2.24, 2.45) is 0 Å². The van der Waals surface area contributed by atoms with Crippen LogP contribution < -0.4 is 5.73 Å². The lowest BCUT2D eigenvalue weighted by molar-refractivity contribution is 0.649. The average Bonchev–Trinajstić information content (AvgIpc) is 2.98. The summed E-state index contributed by atoms with van der Waals surface area (Å²) in [6.07, 6.45) is 0. The van der Waals surface area contributed by atoms with Gasteiger partial charge in [-0.05, 0) is 44.7 Å². The molecule has 0 radical (unpaired) electrons. The second kappa shape index (κ2) is 4.59. The van der Waals surface area contributed by atoms with Gasteiger partial charge < -0.3 is 10.3 Å². The molecule has 2 N–H and O–H groups in total. The number of aryl methyl sites for hydroxylation is 2. The van der Waals surface area contributed by atoms with Crippen LogP contribution in [0.2, 0.25) is 0 Å². The van der Waals surface area contributed by atoms with Crippen molar-refractivity contribution >= 4 is 28.2 Å². The van der Waals surface area contributed by atoms with E-state index in [0.29, 0.717) is 11.6 Å². The molecule has 0 aliphatic carbocycles. The number of aromatic nitrogens is 3. The minimum Gasteiger partial charge on any atom is -0.383 e. The standard InChI is InChI=1S/C15H18N4S/c1-8-9(2)19(10(3)12-6-5-7-20-12)15-13(8)14(16)17-11(4)18-15/h5-7,10H,1-4H3,(H2,16,17,18). The number of nitrogens with zero attached hydrogens (tertiary/aromatic N) is 3. The fourth-order valence-corrected chi connectivity index (χ4v) is 3.54. The van der Waals surface area contributed by atoms with Gasteiger partial charge in [0.05, 0.1) is 11.4 Å². The zero-order valence-electron chi connectivity index (χ0n) is 12.1. The monoisotopic (exact) mass is 286 g/mol. The number of nitrogen functional groups attached to an aromatic ring is 1. The Morgan fingerprint density at radius 3 is 2.65 bits per heavy atom. The smallest absolute Gasteiger partial charge is 0.146 e. The van der Waals surface area contributed by atoms with Gasteiger partial charge in [-0.25, -0.2) is 9.97 Å². The summed E-state index contributed by atoms with van der Waals surface area (Å²) in [5.74, 6) is 1.29. The average molecular weight is 286 g/mol. The van der Waals surface area contributed by atoms with Crippen LogP contribution in [0.5, 0.6) is 0 Å². The molecule has 0 saturated carbocycles. The molecule has 104 valence electrons. The van der Waals surface area contributed by atoms with Crippen LogP contribution in [-0.2, 0) is 0 Å². The van der Waals surface area contributed by atoms with Gasteiger partial charge in [0.2, 0.25) is 0 Å². The van der Waals surface area contributed by atoms with E-state index in [-0.39, 0.29) is 6.04 Å². The molecular formula is C15H18N4S.